The highest BCUT2D eigenvalue weighted by Crippen LogP contribution is 2.53. The van der Waals surface area contributed by atoms with E-state index >= 15 is 0 Å². The maximum atomic E-state index is 11.8. The predicted octanol–water partition coefficient (Wildman–Crippen LogP) is 2.22. The van der Waals surface area contributed by atoms with Gasteiger partial charge in [0.25, 0.3) is 0 Å². The van der Waals surface area contributed by atoms with Crippen molar-refractivity contribution in [2.75, 3.05) is 12.8 Å². The molecule has 4 heteroatoms. The Balaban J connectivity index is 1.65. The second kappa shape index (κ2) is 4.45. The number of hydrogen-bond acceptors (Lipinski definition) is 3. The molecule has 4 aliphatic rings. The summed E-state index contributed by atoms with van der Waals surface area (Å²) in [7, 11) is -2.99. The van der Waals surface area contributed by atoms with Gasteiger partial charge in [0.15, 0.2) is 9.84 Å². The average molecular weight is 285 g/mol. The van der Waals surface area contributed by atoms with Crippen molar-refractivity contribution < 1.29 is 8.42 Å². The van der Waals surface area contributed by atoms with E-state index in [-0.39, 0.29) is 0 Å². The summed E-state index contributed by atoms with van der Waals surface area (Å²) in [5.41, 5.74) is 0. The van der Waals surface area contributed by atoms with Crippen LogP contribution in [0.25, 0.3) is 0 Å². The van der Waals surface area contributed by atoms with E-state index in [1.54, 1.807) is 0 Å². The van der Waals surface area contributed by atoms with Crippen molar-refractivity contribution in [1.82, 2.24) is 5.32 Å². The molecule has 0 aromatic heterocycles. The molecule has 19 heavy (non-hydrogen) atoms. The standard InChI is InChI=1S/C15H27NO2S/c1-15(2,19(3,17)18)9-16-14-12-5-10-4-11(7-12)8-13(14)6-10/h10-14,16H,4-9H2,1-3H3. The average Bonchev–Trinajstić information content (AvgIpc) is 2.25. The van der Waals surface area contributed by atoms with E-state index in [9.17, 15) is 8.42 Å². The summed E-state index contributed by atoms with van der Waals surface area (Å²) in [6.07, 6.45) is 8.34. The zero-order valence-corrected chi connectivity index (χ0v) is 13.2. The van der Waals surface area contributed by atoms with Gasteiger partial charge < -0.3 is 5.32 Å². The molecule has 1 N–H and O–H groups in total. The van der Waals surface area contributed by atoms with Crippen molar-refractivity contribution in [1.29, 1.82) is 0 Å². The SMILES string of the molecule is CC(C)(CNC1C2CC3CC(C2)CC1C3)S(C)(=O)=O. The topological polar surface area (TPSA) is 46.2 Å². The first kappa shape index (κ1) is 13.9. The fourth-order valence-electron chi connectivity index (χ4n) is 4.75. The molecule has 4 fully saturated rings. The maximum Gasteiger partial charge on any atom is 0.153 e. The summed E-state index contributed by atoms with van der Waals surface area (Å²) < 4.78 is 22.9. The van der Waals surface area contributed by atoms with Crippen LogP contribution in [0.2, 0.25) is 0 Å². The lowest BCUT2D eigenvalue weighted by atomic mass is 9.54. The van der Waals surface area contributed by atoms with Crippen LogP contribution in [-0.2, 0) is 9.84 Å². The Morgan fingerprint density at radius 3 is 1.89 bits per heavy atom. The van der Waals surface area contributed by atoms with Gasteiger partial charge in [0.1, 0.15) is 0 Å². The highest BCUT2D eigenvalue weighted by molar-refractivity contribution is 7.92. The van der Waals surface area contributed by atoms with Gasteiger partial charge in [-0.25, -0.2) is 8.42 Å². The first-order valence-electron chi connectivity index (χ1n) is 7.69. The third-order valence-electron chi connectivity index (χ3n) is 5.99. The molecule has 0 unspecified atom stereocenters. The lowest BCUT2D eigenvalue weighted by Gasteiger charge is -2.55. The molecular formula is C15H27NO2S. The molecule has 0 aromatic rings. The molecule has 4 aliphatic carbocycles. The number of nitrogens with one attached hydrogen (secondary N) is 1. The molecule has 3 nitrogen and oxygen atoms in total. The Kier molecular flexibility index (Phi) is 3.25. The van der Waals surface area contributed by atoms with Crippen molar-refractivity contribution in [3.8, 4) is 0 Å². The second-order valence-electron chi connectivity index (χ2n) is 7.87. The van der Waals surface area contributed by atoms with Crippen molar-refractivity contribution in [3.63, 3.8) is 0 Å². The zero-order valence-electron chi connectivity index (χ0n) is 12.4. The summed E-state index contributed by atoms with van der Waals surface area (Å²) in [5.74, 6) is 3.57. The van der Waals surface area contributed by atoms with E-state index in [1.165, 1.54) is 38.4 Å². The van der Waals surface area contributed by atoms with Gasteiger partial charge in [-0.2, -0.15) is 0 Å². The Morgan fingerprint density at radius 2 is 1.47 bits per heavy atom. The minimum absolute atomic E-state index is 0.578. The minimum Gasteiger partial charge on any atom is -0.312 e. The molecule has 0 radical (unpaired) electrons. The fourth-order valence-corrected chi connectivity index (χ4v) is 5.10. The van der Waals surface area contributed by atoms with Gasteiger partial charge in [-0.05, 0) is 69.6 Å². The third-order valence-corrected chi connectivity index (χ3v) is 8.15. The highest BCUT2D eigenvalue weighted by atomic mass is 32.2. The quantitative estimate of drug-likeness (QED) is 0.861. The minimum atomic E-state index is -2.99. The van der Waals surface area contributed by atoms with E-state index < -0.39 is 14.6 Å². The van der Waals surface area contributed by atoms with Crippen LogP contribution in [-0.4, -0.2) is 32.0 Å². The summed E-state index contributed by atoms with van der Waals surface area (Å²) in [6.45, 7) is 4.27. The molecule has 0 heterocycles. The van der Waals surface area contributed by atoms with Crippen LogP contribution in [0.3, 0.4) is 0 Å². The van der Waals surface area contributed by atoms with Crippen molar-refractivity contribution >= 4 is 9.84 Å². The largest absolute Gasteiger partial charge is 0.312 e. The Bertz CT molecular complexity index is 427. The Hall–Kier alpha value is -0.0900. The van der Waals surface area contributed by atoms with Crippen LogP contribution >= 0.6 is 0 Å². The van der Waals surface area contributed by atoms with Gasteiger partial charge in [-0.3, -0.25) is 0 Å². The molecular weight excluding hydrogens is 258 g/mol. The maximum absolute atomic E-state index is 11.8. The lowest BCUT2D eigenvalue weighted by Crippen LogP contribution is -2.57. The summed E-state index contributed by atoms with van der Waals surface area (Å²) in [5, 5.41) is 3.63. The van der Waals surface area contributed by atoms with Gasteiger partial charge in [-0.1, -0.05) is 0 Å². The van der Waals surface area contributed by atoms with Crippen LogP contribution in [0, 0.1) is 23.7 Å². The summed E-state index contributed by atoms with van der Waals surface area (Å²) in [4.78, 5) is 0. The van der Waals surface area contributed by atoms with Crippen LogP contribution in [0.5, 0.6) is 0 Å². The van der Waals surface area contributed by atoms with E-state index in [0.29, 0.717) is 12.6 Å². The van der Waals surface area contributed by atoms with E-state index in [2.05, 4.69) is 5.32 Å². The van der Waals surface area contributed by atoms with Gasteiger partial charge in [0, 0.05) is 18.8 Å². The van der Waals surface area contributed by atoms with E-state index in [0.717, 1.165) is 23.7 Å². The highest BCUT2D eigenvalue weighted by Gasteiger charge is 2.48. The molecule has 0 spiro atoms. The fraction of sp³-hybridized carbons (Fsp3) is 1.00. The van der Waals surface area contributed by atoms with Crippen molar-refractivity contribution in [3.05, 3.63) is 0 Å². The smallest absolute Gasteiger partial charge is 0.153 e. The Morgan fingerprint density at radius 1 is 1.00 bits per heavy atom. The van der Waals surface area contributed by atoms with Gasteiger partial charge >= 0.3 is 0 Å². The second-order valence-corrected chi connectivity index (χ2v) is 10.5. The molecule has 4 saturated carbocycles. The van der Waals surface area contributed by atoms with E-state index in [4.69, 9.17) is 0 Å². The normalized spacial score (nSPS) is 41.7. The lowest BCUT2D eigenvalue weighted by molar-refractivity contribution is -0.0140. The number of rotatable bonds is 4. The third kappa shape index (κ3) is 2.46. The van der Waals surface area contributed by atoms with E-state index in [1.807, 2.05) is 13.8 Å². The molecule has 0 amide bonds. The molecule has 0 aromatic carbocycles. The monoisotopic (exact) mass is 285 g/mol. The Labute approximate surface area is 117 Å². The molecule has 4 rings (SSSR count). The zero-order chi connectivity index (χ0) is 13.8. The van der Waals surface area contributed by atoms with Crippen LogP contribution in [0.15, 0.2) is 0 Å². The first-order valence-corrected chi connectivity index (χ1v) is 9.58. The van der Waals surface area contributed by atoms with Crippen LogP contribution in [0.1, 0.15) is 46.0 Å². The summed E-state index contributed by atoms with van der Waals surface area (Å²) in [6, 6.07) is 0.578. The van der Waals surface area contributed by atoms with Crippen molar-refractivity contribution in [2.24, 2.45) is 23.7 Å². The summed E-state index contributed by atoms with van der Waals surface area (Å²) >= 11 is 0. The molecule has 0 saturated heterocycles. The molecule has 4 bridgehead atoms. The van der Waals surface area contributed by atoms with Gasteiger partial charge in [-0.15, -0.1) is 0 Å². The molecule has 0 atom stereocenters. The first-order chi connectivity index (χ1) is 8.76. The number of sulfone groups is 1. The predicted molar refractivity (Wildman–Crippen MR) is 77.8 cm³/mol. The van der Waals surface area contributed by atoms with Crippen LogP contribution < -0.4 is 5.32 Å². The van der Waals surface area contributed by atoms with Crippen LogP contribution in [0.4, 0.5) is 0 Å². The molecule has 110 valence electrons. The number of hydrogen-bond donors (Lipinski definition) is 1. The van der Waals surface area contributed by atoms with Crippen molar-refractivity contribution in [2.45, 2.75) is 56.7 Å². The van der Waals surface area contributed by atoms with Gasteiger partial charge in [0.05, 0.1) is 4.75 Å². The molecule has 0 aliphatic heterocycles. The van der Waals surface area contributed by atoms with Gasteiger partial charge in [0.2, 0.25) is 0 Å².